The number of fused-ring (bicyclic) bond motifs is 3. The minimum atomic E-state index is -0.679. The molecule has 4 rings (SSSR count). The molecule has 0 fully saturated rings. The van der Waals surface area contributed by atoms with E-state index in [1.165, 1.54) is 0 Å². The van der Waals surface area contributed by atoms with Crippen LogP contribution in [0.15, 0.2) is 78.9 Å². The minimum absolute atomic E-state index is 0.0371. The van der Waals surface area contributed by atoms with Gasteiger partial charge in [0.15, 0.2) is 0 Å². The smallest absolute Gasteiger partial charge is 0.407 e. The van der Waals surface area contributed by atoms with Crippen molar-refractivity contribution >= 4 is 12.1 Å². The number of amides is 1. The lowest BCUT2D eigenvalue weighted by molar-refractivity contribution is -0.145. The molecule has 1 aliphatic carbocycles. The van der Waals surface area contributed by atoms with E-state index in [4.69, 9.17) is 16.0 Å². The van der Waals surface area contributed by atoms with Gasteiger partial charge in [0.25, 0.3) is 0 Å². The van der Waals surface area contributed by atoms with Crippen molar-refractivity contribution in [3.05, 3.63) is 107 Å². The normalized spacial score (nSPS) is 12.7. The summed E-state index contributed by atoms with van der Waals surface area (Å²) in [6.45, 7) is 7.42. The van der Waals surface area contributed by atoms with Gasteiger partial charge in [0, 0.05) is 5.92 Å². The summed E-state index contributed by atoms with van der Waals surface area (Å²) in [4.78, 5) is 28.0. The van der Waals surface area contributed by atoms with E-state index in [9.17, 15) is 9.59 Å². The largest absolute Gasteiger partial charge is 0.461 e. The number of esters is 1. The van der Waals surface area contributed by atoms with Gasteiger partial charge in [-0.15, -0.1) is 0 Å². The third-order valence-corrected chi connectivity index (χ3v) is 5.63. The molecule has 0 aliphatic heterocycles. The molecule has 0 unspecified atom stereocenters. The maximum absolute atomic E-state index is 12.5. The number of alkyl carbamates (subject to hydrolysis) is 1. The predicted octanol–water partition coefficient (Wildman–Crippen LogP) is 4.95. The molecule has 6 nitrogen and oxygen atoms in total. The molecule has 3 aromatic rings. The zero-order chi connectivity index (χ0) is 23.0. The summed E-state index contributed by atoms with van der Waals surface area (Å²) >= 11 is 0. The summed E-state index contributed by atoms with van der Waals surface area (Å²) in [5.74, 6) is -0.537. The van der Waals surface area contributed by atoms with E-state index in [1.807, 2.05) is 66.7 Å². The summed E-state index contributed by atoms with van der Waals surface area (Å²) in [5.41, 5.74) is 5.41. The average Bonchev–Trinajstić information content (AvgIpc) is 3.16. The number of benzene rings is 3. The van der Waals surface area contributed by atoms with E-state index in [1.54, 1.807) is 0 Å². The zero-order valence-corrected chi connectivity index (χ0v) is 18.1. The van der Waals surface area contributed by atoms with Gasteiger partial charge in [-0.2, -0.15) is 0 Å². The first-order chi connectivity index (χ1) is 16.2. The number of nitrogens with one attached hydrogen (secondary N) is 1. The minimum Gasteiger partial charge on any atom is -0.461 e. The van der Waals surface area contributed by atoms with E-state index >= 15 is 0 Å². The summed E-state index contributed by atoms with van der Waals surface area (Å²) in [7, 11) is 0. The van der Waals surface area contributed by atoms with E-state index in [0.29, 0.717) is 0 Å². The first kappa shape index (κ1) is 22.1. The fourth-order valence-electron chi connectivity index (χ4n) is 4.08. The molecular weight excluding hydrogens is 416 g/mol. The van der Waals surface area contributed by atoms with Crippen LogP contribution in [0.5, 0.6) is 0 Å². The standard InChI is InChI=1S/C27H24N2O4/c1-28-16-20(15-26(30)32-17-19-9-3-2-4-10-19)29-27(31)33-18-25-23-13-7-5-11-21(23)22-12-6-8-14-24(22)25/h2-14,20,25H,15-18H2,(H,29,31)/t20-/m0/s1. The maximum atomic E-state index is 12.5. The molecule has 0 saturated heterocycles. The Labute approximate surface area is 193 Å². The quantitative estimate of drug-likeness (QED) is 0.398. The van der Waals surface area contributed by atoms with Crippen molar-refractivity contribution in [3.63, 3.8) is 0 Å². The Bertz CT molecular complexity index is 1120. The number of rotatable bonds is 8. The Hall–Kier alpha value is -4.11. The van der Waals surface area contributed by atoms with Gasteiger partial charge in [0.1, 0.15) is 19.3 Å². The molecule has 33 heavy (non-hydrogen) atoms. The highest BCUT2D eigenvalue weighted by molar-refractivity contribution is 5.79. The SMILES string of the molecule is [C-]#[N+]C[C@H](CC(=O)OCc1ccccc1)NC(=O)OCC1c2ccccc2-c2ccccc21. The van der Waals surface area contributed by atoms with E-state index in [-0.39, 0.29) is 32.1 Å². The lowest BCUT2D eigenvalue weighted by atomic mass is 9.98. The molecule has 1 aliphatic rings. The lowest BCUT2D eigenvalue weighted by Crippen LogP contribution is -2.39. The van der Waals surface area contributed by atoms with Gasteiger partial charge in [-0.05, 0) is 27.8 Å². The summed E-state index contributed by atoms with van der Waals surface area (Å²) in [6.07, 6.45) is -0.749. The summed E-state index contributed by atoms with van der Waals surface area (Å²) < 4.78 is 10.8. The second kappa shape index (κ2) is 10.5. The van der Waals surface area contributed by atoms with Crippen LogP contribution in [-0.4, -0.2) is 31.3 Å². The molecular formula is C27H24N2O4. The third-order valence-electron chi connectivity index (χ3n) is 5.63. The van der Waals surface area contributed by atoms with Crippen molar-refractivity contribution in [2.75, 3.05) is 13.2 Å². The average molecular weight is 440 g/mol. The highest BCUT2D eigenvalue weighted by Crippen LogP contribution is 2.44. The van der Waals surface area contributed by atoms with Gasteiger partial charge in [-0.25, -0.2) is 11.4 Å². The monoisotopic (exact) mass is 440 g/mol. The highest BCUT2D eigenvalue weighted by Gasteiger charge is 2.29. The molecule has 1 N–H and O–H groups in total. The van der Waals surface area contributed by atoms with Crippen molar-refractivity contribution < 1.29 is 19.1 Å². The Morgan fingerprint density at radius 1 is 0.879 bits per heavy atom. The first-order valence-electron chi connectivity index (χ1n) is 10.8. The number of hydrogen-bond acceptors (Lipinski definition) is 4. The number of nitrogens with zero attached hydrogens (tertiary/aromatic N) is 1. The number of hydrogen-bond donors (Lipinski definition) is 1. The first-order valence-corrected chi connectivity index (χ1v) is 10.8. The molecule has 0 aromatic heterocycles. The Morgan fingerprint density at radius 2 is 1.48 bits per heavy atom. The van der Waals surface area contributed by atoms with Gasteiger partial charge in [-0.1, -0.05) is 78.9 Å². The molecule has 1 atom stereocenters. The lowest BCUT2D eigenvalue weighted by Gasteiger charge is -2.17. The van der Waals surface area contributed by atoms with Crippen LogP contribution >= 0.6 is 0 Å². The Morgan fingerprint density at radius 3 is 2.12 bits per heavy atom. The Kier molecular flexibility index (Phi) is 7.01. The van der Waals surface area contributed by atoms with Crippen LogP contribution in [0.1, 0.15) is 29.0 Å². The van der Waals surface area contributed by atoms with Gasteiger partial charge in [-0.3, -0.25) is 4.79 Å². The van der Waals surface area contributed by atoms with Crippen LogP contribution < -0.4 is 5.32 Å². The van der Waals surface area contributed by atoms with Gasteiger partial charge in [0.2, 0.25) is 6.54 Å². The van der Waals surface area contributed by atoms with Crippen LogP contribution in [-0.2, 0) is 20.9 Å². The molecule has 0 saturated carbocycles. The molecule has 1 amide bonds. The number of ether oxygens (including phenoxy) is 2. The van der Waals surface area contributed by atoms with Crippen LogP contribution in [0.2, 0.25) is 0 Å². The number of carbonyl (C=O) groups is 2. The van der Waals surface area contributed by atoms with Crippen molar-refractivity contribution in [2.45, 2.75) is 25.0 Å². The van der Waals surface area contributed by atoms with E-state index < -0.39 is 18.1 Å². The highest BCUT2D eigenvalue weighted by atomic mass is 16.5. The summed E-state index contributed by atoms with van der Waals surface area (Å²) in [5, 5.41) is 2.64. The van der Waals surface area contributed by atoms with Crippen molar-refractivity contribution in [2.24, 2.45) is 0 Å². The van der Waals surface area contributed by atoms with Crippen LogP contribution in [0.25, 0.3) is 16.0 Å². The second-order valence-electron chi connectivity index (χ2n) is 7.86. The van der Waals surface area contributed by atoms with E-state index in [0.717, 1.165) is 27.8 Å². The van der Waals surface area contributed by atoms with E-state index in [2.05, 4.69) is 22.3 Å². The summed E-state index contributed by atoms with van der Waals surface area (Å²) in [6, 6.07) is 24.8. The molecule has 0 heterocycles. The molecule has 0 radical (unpaired) electrons. The van der Waals surface area contributed by atoms with Gasteiger partial charge in [0.05, 0.1) is 6.42 Å². The van der Waals surface area contributed by atoms with Crippen LogP contribution in [0.4, 0.5) is 4.79 Å². The van der Waals surface area contributed by atoms with Crippen molar-refractivity contribution in [3.8, 4) is 11.1 Å². The topological polar surface area (TPSA) is 69.0 Å². The van der Waals surface area contributed by atoms with Crippen LogP contribution in [0, 0.1) is 6.57 Å². The second-order valence-corrected chi connectivity index (χ2v) is 7.86. The zero-order valence-electron chi connectivity index (χ0n) is 18.1. The van der Waals surface area contributed by atoms with Crippen molar-refractivity contribution in [1.82, 2.24) is 5.32 Å². The fraction of sp³-hybridized carbons (Fsp3) is 0.222. The fourth-order valence-corrected chi connectivity index (χ4v) is 4.08. The van der Waals surface area contributed by atoms with Gasteiger partial charge >= 0.3 is 12.1 Å². The van der Waals surface area contributed by atoms with Crippen molar-refractivity contribution in [1.29, 1.82) is 0 Å². The molecule has 6 heteroatoms. The number of carbonyl (C=O) groups excluding carboxylic acids is 2. The van der Waals surface area contributed by atoms with Gasteiger partial charge < -0.3 is 19.6 Å². The molecule has 166 valence electrons. The molecule has 0 spiro atoms. The Balaban J connectivity index is 1.32. The molecule has 3 aromatic carbocycles. The third kappa shape index (κ3) is 5.39. The molecule has 0 bridgehead atoms. The van der Waals surface area contributed by atoms with Crippen LogP contribution in [0.3, 0.4) is 0 Å². The predicted molar refractivity (Wildman–Crippen MR) is 124 cm³/mol. The maximum Gasteiger partial charge on any atom is 0.407 e.